The Labute approximate surface area is 364 Å². The molecule has 0 saturated heterocycles. The maximum absolute atomic E-state index is 11.5. The number of anilines is 2. The van der Waals surface area contributed by atoms with Crippen molar-refractivity contribution in [3.63, 3.8) is 0 Å². The van der Waals surface area contributed by atoms with Gasteiger partial charge < -0.3 is 14.4 Å². The fraction of sp³-hybridized carbons (Fsp3) is 0.298. The van der Waals surface area contributed by atoms with Crippen molar-refractivity contribution in [3.8, 4) is 0 Å². The normalized spacial score (nSPS) is 18.9. The Morgan fingerprint density at radius 2 is 1.25 bits per heavy atom. The summed E-state index contributed by atoms with van der Waals surface area (Å²) in [5.74, 6) is -0.679. The van der Waals surface area contributed by atoms with Gasteiger partial charge in [0.15, 0.2) is 0 Å². The van der Waals surface area contributed by atoms with Crippen LogP contribution in [0.25, 0.3) is 0 Å². The van der Waals surface area contributed by atoms with Crippen LogP contribution < -0.4 is 14.4 Å². The number of benzene rings is 4. The van der Waals surface area contributed by atoms with Crippen LogP contribution in [0.3, 0.4) is 0 Å². The Balaban J connectivity index is 1.33. The number of nitrogens with zero attached hydrogens (tertiary/aromatic N) is 3. The smallest absolute Gasteiger partial charge is 0.264 e. The minimum Gasteiger partial charge on any atom is -0.748 e. The SMILES string of the molecule is CC1(C)/C(=C\C=C2/CC/C(=C\C=C3/Cc4cc(Cl)ccc4N3CCCCS(=O)(=O)O)C2=[N+](c2ccccc2)c2ccccc2)N(CCCCS(=O)(=O)[O-])c2ccc(Cl)cc21. The lowest BCUT2D eigenvalue weighted by Crippen LogP contribution is -2.27. The Hall–Kier alpha value is -4.49. The lowest BCUT2D eigenvalue weighted by molar-refractivity contribution is 0.460. The van der Waals surface area contributed by atoms with Crippen LogP contribution in [-0.2, 0) is 32.1 Å². The van der Waals surface area contributed by atoms with Crippen LogP contribution in [0, 0.1) is 0 Å². The van der Waals surface area contributed by atoms with Crippen molar-refractivity contribution in [2.45, 2.75) is 64.2 Å². The van der Waals surface area contributed by atoms with E-state index in [4.69, 9.17) is 23.2 Å². The third kappa shape index (κ3) is 10.2. The second-order valence-electron chi connectivity index (χ2n) is 16.0. The van der Waals surface area contributed by atoms with E-state index in [2.05, 4.69) is 76.8 Å². The minimum atomic E-state index is -4.31. The van der Waals surface area contributed by atoms with E-state index in [1.807, 2.05) is 72.8 Å². The van der Waals surface area contributed by atoms with E-state index in [1.165, 1.54) is 0 Å². The Kier molecular flexibility index (Phi) is 13.3. The van der Waals surface area contributed by atoms with E-state index in [-0.39, 0.29) is 12.2 Å². The van der Waals surface area contributed by atoms with Crippen LogP contribution in [0.1, 0.15) is 63.5 Å². The Bertz CT molecular complexity index is 2600. The summed E-state index contributed by atoms with van der Waals surface area (Å²) in [5.41, 5.74) is 11.3. The van der Waals surface area contributed by atoms with E-state index in [9.17, 15) is 25.9 Å². The highest BCUT2D eigenvalue weighted by molar-refractivity contribution is 7.85. The van der Waals surface area contributed by atoms with E-state index >= 15 is 0 Å². The van der Waals surface area contributed by atoms with Gasteiger partial charge >= 0.3 is 0 Å². The van der Waals surface area contributed by atoms with Crippen molar-refractivity contribution in [3.05, 3.63) is 165 Å². The van der Waals surface area contributed by atoms with Crippen molar-refractivity contribution >= 4 is 71.9 Å². The number of hydrogen-bond donors (Lipinski definition) is 1. The van der Waals surface area contributed by atoms with Gasteiger partial charge in [-0.15, -0.1) is 0 Å². The molecule has 60 heavy (non-hydrogen) atoms. The third-order valence-electron chi connectivity index (χ3n) is 11.4. The summed E-state index contributed by atoms with van der Waals surface area (Å²) in [6, 6.07) is 32.4. The van der Waals surface area contributed by atoms with Gasteiger partial charge in [0.2, 0.25) is 17.1 Å². The molecule has 2 aliphatic heterocycles. The van der Waals surface area contributed by atoms with Gasteiger partial charge in [-0.05, 0) is 98.2 Å². The van der Waals surface area contributed by atoms with Gasteiger partial charge in [-0.1, -0.05) is 85.6 Å². The van der Waals surface area contributed by atoms with Gasteiger partial charge in [0, 0.05) is 98.9 Å². The van der Waals surface area contributed by atoms with Gasteiger partial charge in [0.05, 0.1) is 15.9 Å². The van der Waals surface area contributed by atoms with Crippen LogP contribution in [0.2, 0.25) is 10.0 Å². The first-order valence-corrected chi connectivity index (χ1v) is 24.1. The lowest BCUT2D eigenvalue weighted by atomic mass is 9.83. The molecular formula is C47H49Cl2N3O6S2. The molecule has 3 aliphatic rings. The first-order valence-electron chi connectivity index (χ1n) is 20.2. The summed E-state index contributed by atoms with van der Waals surface area (Å²) in [6.45, 7) is 5.47. The van der Waals surface area contributed by atoms with Gasteiger partial charge in [-0.3, -0.25) is 4.55 Å². The molecule has 1 N–H and O–H groups in total. The summed E-state index contributed by atoms with van der Waals surface area (Å²) in [6.07, 6.45) is 12.7. The van der Waals surface area contributed by atoms with Crippen LogP contribution in [0.5, 0.6) is 0 Å². The zero-order valence-corrected chi connectivity index (χ0v) is 36.9. The molecule has 0 amide bonds. The second kappa shape index (κ2) is 18.2. The van der Waals surface area contributed by atoms with Crippen LogP contribution in [0.4, 0.5) is 22.7 Å². The molecule has 0 spiro atoms. The number of allylic oxidation sites excluding steroid dienone is 8. The molecule has 2 heterocycles. The highest BCUT2D eigenvalue weighted by Gasteiger charge is 2.40. The van der Waals surface area contributed by atoms with Gasteiger partial charge in [0.1, 0.15) is 0 Å². The molecule has 1 aliphatic carbocycles. The van der Waals surface area contributed by atoms with E-state index in [1.54, 1.807) is 0 Å². The predicted octanol–water partition coefficient (Wildman–Crippen LogP) is 10.5. The molecule has 7 rings (SSSR count). The first-order chi connectivity index (χ1) is 28.6. The van der Waals surface area contributed by atoms with Crippen molar-refractivity contribution < 1.29 is 25.9 Å². The Morgan fingerprint density at radius 3 is 1.85 bits per heavy atom. The average molecular weight is 887 g/mol. The van der Waals surface area contributed by atoms with Crippen LogP contribution in [0.15, 0.2) is 144 Å². The number of hydrogen-bond acceptors (Lipinski definition) is 7. The van der Waals surface area contributed by atoms with Crippen molar-refractivity contribution in [1.29, 1.82) is 0 Å². The maximum atomic E-state index is 11.5. The van der Waals surface area contributed by atoms with Crippen molar-refractivity contribution in [2.24, 2.45) is 0 Å². The second-order valence-corrected chi connectivity index (χ2v) is 19.9. The molecule has 314 valence electrons. The van der Waals surface area contributed by atoms with Gasteiger partial charge in [0.25, 0.3) is 10.1 Å². The summed E-state index contributed by atoms with van der Waals surface area (Å²) in [7, 11) is -8.36. The van der Waals surface area contributed by atoms with E-state index < -0.39 is 31.4 Å². The molecule has 4 aromatic rings. The van der Waals surface area contributed by atoms with E-state index in [0.717, 1.165) is 75.0 Å². The van der Waals surface area contributed by atoms with Crippen molar-refractivity contribution in [1.82, 2.24) is 4.58 Å². The fourth-order valence-corrected chi connectivity index (χ4v) is 10.1. The van der Waals surface area contributed by atoms with Crippen LogP contribution in [-0.4, -0.2) is 56.2 Å². The largest absolute Gasteiger partial charge is 0.748 e. The summed E-state index contributed by atoms with van der Waals surface area (Å²) in [4.78, 5) is 4.46. The molecule has 0 aromatic heterocycles. The molecule has 1 saturated carbocycles. The van der Waals surface area contributed by atoms with Crippen LogP contribution >= 0.6 is 23.2 Å². The highest BCUT2D eigenvalue weighted by Crippen LogP contribution is 2.49. The summed E-state index contributed by atoms with van der Waals surface area (Å²) < 4.78 is 68.9. The summed E-state index contributed by atoms with van der Waals surface area (Å²) >= 11 is 13.0. The lowest BCUT2D eigenvalue weighted by Gasteiger charge is -2.27. The van der Waals surface area contributed by atoms with Gasteiger partial charge in [-0.2, -0.15) is 13.0 Å². The molecule has 13 heteroatoms. The molecule has 0 unspecified atom stereocenters. The number of unbranched alkanes of at least 4 members (excludes halogenated alkanes) is 2. The standard InChI is InChI=1S/C47H49Cl2N3O6S2/c1-47(2)42-33-38(49)22-25-44(42)51(28-10-12-30-60(56,57)58)45(47)26-20-35-18-17-34(46(35)52(39-13-5-3-6-14-39)40-15-7-4-8-16-40)19-23-41-32-36-31-37(48)21-24-43(36)50(41)27-9-11-29-59(53,54)55/h3-8,13-16,19-26,31,33H,9-12,17-18,27-30,32H2,1-2H3,(H-,53,54,55,56,57,58). The first kappa shape index (κ1) is 43.6. The molecule has 0 atom stereocenters. The zero-order valence-electron chi connectivity index (χ0n) is 33.7. The summed E-state index contributed by atoms with van der Waals surface area (Å²) in [5, 5.41) is 1.29. The van der Waals surface area contributed by atoms with E-state index in [0.29, 0.717) is 48.8 Å². The number of para-hydroxylation sites is 2. The van der Waals surface area contributed by atoms with Gasteiger partial charge in [-0.25, -0.2) is 8.42 Å². The monoisotopic (exact) mass is 885 g/mol. The molecule has 0 radical (unpaired) electrons. The predicted molar refractivity (Wildman–Crippen MR) is 245 cm³/mol. The number of fused-ring (bicyclic) bond motifs is 2. The molecule has 0 bridgehead atoms. The maximum Gasteiger partial charge on any atom is 0.264 e. The Morgan fingerprint density at radius 1 is 0.700 bits per heavy atom. The minimum absolute atomic E-state index is 0.269. The molecule has 4 aromatic carbocycles. The zero-order chi connectivity index (χ0) is 42.7. The number of halogens is 2. The van der Waals surface area contributed by atoms with Crippen molar-refractivity contribution in [2.75, 3.05) is 34.4 Å². The third-order valence-corrected chi connectivity index (χ3v) is 13.5. The topological polar surface area (TPSA) is 121 Å². The quantitative estimate of drug-likeness (QED) is 0.0755. The fourth-order valence-electron chi connectivity index (χ4n) is 8.57. The molecular weight excluding hydrogens is 838 g/mol. The highest BCUT2D eigenvalue weighted by atomic mass is 35.5. The number of rotatable bonds is 14. The molecule has 1 fully saturated rings. The average Bonchev–Trinajstić information content (AvgIpc) is 3.82. The molecule has 9 nitrogen and oxygen atoms in total.